The molecule has 2 rings (SSSR count). The van der Waals surface area contributed by atoms with E-state index in [4.69, 9.17) is 5.73 Å². The van der Waals surface area contributed by atoms with E-state index in [1.54, 1.807) is 23.5 Å². The predicted octanol–water partition coefficient (Wildman–Crippen LogP) is 3.65. The molecule has 1 aromatic heterocycles. The van der Waals surface area contributed by atoms with Crippen molar-refractivity contribution in [1.82, 2.24) is 0 Å². The van der Waals surface area contributed by atoms with Gasteiger partial charge in [0.25, 0.3) is 5.69 Å². The maximum Gasteiger partial charge on any atom is 0.292 e. The van der Waals surface area contributed by atoms with Crippen LogP contribution in [-0.2, 0) is 6.54 Å². The van der Waals surface area contributed by atoms with Gasteiger partial charge >= 0.3 is 0 Å². The summed E-state index contributed by atoms with van der Waals surface area (Å²) < 4.78 is 0. The minimum Gasteiger partial charge on any atom is -0.393 e. The molecule has 0 saturated heterocycles. The third-order valence-corrected chi connectivity index (χ3v) is 3.93. The number of hydrogen-bond acceptors (Lipinski definition) is 5. The summed E-state index contributed by atoms with van der Waals surface area (Å²) in [7, 11) is 0. The average Bonchev–Trinajstić information content (AvgIpc) is 2.87. The number of nitrogens with zero attached hydrogens (tertiary/aromatic N) is 2. The molecule has 6 heteroatoms. The summed E-state index contributed by atoms with van der Waals surface area (Å²) >= 11 is 1.69. The van der Waals surface area contributed by atoms with Crippen LogP contribution in [0.2, 0.25) is 0 Å². The van der Waals surface area contributed by atoms with Crippen LogP contribution in [0.15, 0.2) is 35.7 Å². The molecule has 20 heavy (non-hydrogen) atoms. The molecule has 0 spiro atoms. The number of thiophene rings is 1. The zero-order chi connectivity index (χ0) is 14.7. The fourth-order valence-corrected chi connectivity index (χ4v) is 2.73. The van der Waals surface area contributed by atoms with Crippen LogP contribution in [0.1, 0.15) is 18.7 Å². The van der Waals surface area contributed by atoms with Crippen LogP contribution in [0.3, 0.4) is 0 Å². The van der Waals surface area contributed by atoms with Crippen LogP contribution in [-0.4, -0.2) is 11.0 Å². The number of nitrogen functional groups attached to an aromatic ring is 1. The first-order valence-electron chi connectivity index (χ1n) is 6.32. The van der Waals surface area contributed by atoms with Gasteiger partial charge in [-0.2, -0.15) is 0 Å². The second-order valence-corrected chi connectivity index (χ2v) is 5.83. The number of nitrogens with two attached hydrogens (primary N) is 1. The van der Waals surface area contributed by atoms with Crippen molar-refractivity contribution >= 4 is 28.4 Å². The van der Waals surface area contributed by atoms with E-state index in [-0.39, 0.29) is 17.4 Å². The van der Waals surface area contributed by atoms with Crippen molar-refractivity contribution in [3.05, 3.63) is 50.7 Å². The Labute approximate surface area is 121 Å². The quantitative estimate of drug-likeness (QED) is 0.518. The maximum absolute atomic E-state index is 10.8. The molecular weight excluding hydrogens is 274 g/mol. The van der Waals surface area contributed by atoms with Crippen molar-refractivity contribution in [2.24, 2.45) is 0 Å². The highest BCUT2D eigenvalue weighted by Crippen LogP contribution is 2.29. The first kappa shape index (κ1) is 14.3. The normalized spacial score (nSPS) is 10.8. The highest BCUT2D eigenvalue weighted by molar-refractivity contribution is 7.09. The van der Waals surface area contributed by atoms with Crippen molar-refractivity contribution in [3.63, 3.8) is 0 Å². The fraction of sp³-hybridized carbons (Fsp3) is 0.286. The summed E-state index contributed by atoms with van der Waals surface area (Å²) in [5.74, 6) is 0. The van der Waals surface area contributed by atoms with E-state index in [1.165, 1.54) is 10.9 Å². The zero-order valence-electron chi connectivity index (χ0n) is 11.4. The van der Waals surface area contributed by atoms with Gasteiger partial charge in [-0.05, 0) is 37.4 Å². The van der Waals surface area contributed by atoms with Gasteiger partial charge in [0.1, 0.15) is 5.69 Å². The Morgan fingerprint density at radius 2 is 2.15 bits per heavy atom. The molecule has 0 aliphatic heterocycles. The van der Waals surface area contributed by atoms with Crippen molar-refractivity contribution in [2.45, 2.75) is 26.4 Å². The van der Waals surface area contributed by atoms with Gasteiger partial charge in [0, 0.05) is 22.7 Å². The highest BCUT2D eigenvalue weighted by atomic mass is 32.1. The highest BCUT2D eigenvalue weighted by Gasteiger charge is 2.16. The van der Waals surface area contributed by atoms with Crippen LogP contribution < -0.4 is 10.6 Å². The largest absolute Gasteiger partial charge is 0.393 e. The first-order chi connectivity index (χ1) is 9.49. The number of benzene rings is 1. The Kier molecular flexibility index (Phi) is 4.24. The third-order valence-electron chi connectivity index (χ3n) is 3.07. The molecule has 0 fully saturated rings. The Hall–Kier alpha value is -2.08. The summed E-state index contributed by atoms with van der Waals surface area (Å²) in [6.45, 7) is 4.95. The van der Waals surface area contributed by atoms with Gasteiger partial charge in [-0.25, -0.2) is 0 Å². The van der Waals surface area contributed by atoms with Crippen LogP contribution in [0, 0.1) is 10.1 Å². The first-order valence-corrected chi connectivity index (χ1v) is 7.20. The lowest BCUT2D eigenvalue weighted by Crippen LogP contribution is -2.29. The molecule has 106 valence electrons. The zero-order valence-corrected chi connectivity index (χ0v) is 12.3. The molecule has 0 radical (unpaired) electrons. The van der Waals surface area contributed by atoms with Crippen LogP contribution in [0.4, 0.5) is 17.1 Å². The summed E-state index contributed by atoms with van der Waals surface area (Å²) in [5.41, 5.74) is 6.82. The third kappa shape index (κ3) is 3.08. The predicted molar refractivity (Wildman–Crippen MR) is 83.1 cm³/mol. The lowest BCUT2D eigenvalue weighted by atomic mass is 10.2. The van der Waals surface area contributed by atoms with Crippen LogP contribution >= 0.6 is 11.3 Å². The van der Waals surface area contributed by atoms with Gasteiger partial charge in [0.2, 0.25) is 0 Å². The van der Waals surface area contributed by atoms with Gasteiger partial charge in [-0.1, -0.05) is 6.07 Å². The SMILES string of the molecule is CC(C)N(Cc1cccs1)c1ccc([N+](=O)[O-])c(N)c1. The van der Waals surface area contributed by atoms with E-state index in [0.717, 1.165) is 12.2 Å². The molecule has 5 nitrogen and oxygen atoms in total. The molecule has 0 bridgehead atoms. The van der Waals surface area contributed by atoms with Crippen molar-refractivity contribution in [3.8, 4) is 0 Å². The number of nitro benzene ring substituents is 1. The standard InChI is InChI=1S/C14H17N3O2S/c1-10(2)16(9-12-4-3-7-20-12)11-5-6-14(17(18)19)13(15)8-11/h3-8,10H,9,15H2,1-2H3. The molecule has 0 aliphatic rings. The molecule has 0 atom stereocenters. The van der Waals surface area contributed by atoms with E-state index >= 15 is 0 Å². The van der Waals surface area contributed by atoms with Crippen molar-refractivity contribution in [1.29, 1.82) is 0 Å². The van der Waals surface area contributed by atoms with Gasteiger partial charge in [0.15, 0.2) is 0 Å². The number of rotatable bonds is 5. The van der Waals surface area contributed by atoms with E-state index in [9.17, 15) is 10.1 Å². The fourth-order valence-electron chi connectivity index (χ4n) is 2.03. The smallest absolute Gasteiger partial charge is 0.292 e. The number of nitro groups is 1. The number of anilines is 2. The molecule has 0 unspecified atom stereocenters. The van der Waals surface area contributed by atoms with Crippen LogP contribution in [0.5, 0.6) is 0 Å². The van der Waals surface area contributed by atoms with E-state index in [0.29, 0.717) is 0 Å². The van der Waals surface area contributed by atoms with E-state index in [2.05, 4.69) is 24.8 Å². The van der Waals surface area contributed by atoms with Gasteiger partial charge in [0.05, 0.1) is 11.5 Å². The molecule has 1 aromatic carbocycles. The topological polar surface area (TPSA) is 72.4 Å². The lowest BCUT2D eigenvalue weighted by molar-refractivity contribution is -0.383. The molecular formula is C14H17N3O2S. The van der Waals surface area contributed by atoms with Crippen molar-refractivity contribution in [2.75, 3.05) is 10.6 Å². The Morgan fingerprint density at radius 1 is 1.40 bits per heavy atom. The summed E-state index contributed by atoms with van der Waals surface area (Å²) in [6, 6.07) is 9.26. The van der Waals surface area contributed by atoms with Crippen LogP contribution in [0.25, 0.3) is 0 Å². The van der Waals surface area contributed by atoms with Gasteiger partial charge in [-0.15, -0.1) is 11.3 Å². The molecule has 0 saturated carbocycles. The molecule has 0 aliphatic carbocycles. The van der Waals surface area contributed by atoms with E-state index < -0.39 is 4.92 Å². The maximum atomic E-state index is 10.8. The summed E-state index contributed by atoms with van der Waals surface area (Å²) in [4.78, 5) is 13.8. The second kappa shape index (κ2) is 5.92. The monoisotopic (exact) mass is 291 g/mol. The minimum atomic E-state index is -0.460. The Morgan fingerprint density at radius 3 is 2.65 bits per heavy atom. The van der Waals surface area contributed by atoms with Gasteiger partial charge in [-0.3, -0.25) is 10.1 Å². The average molecular weight is 291 g/mol. The second-order valence-electron chi connectivity index (χ2n) is 4.80. The summed E-state index contributed by atoms with van der Waals surface area (Å²) in [5, 5.41) is 12.8. The minimum absolute atomic E-state index is 0.0476. The summed E-state index contributed by atoms with van der Waals surface area (Å²) in [6.07, 6.45) is 0. The molecule has 2 aromatic rings. The Balaban J connectivity index is 2.30. The Bertz CT molecular complexity index is 596. The van der Waals surface area contributed by atoms with Crippen molar-refractivity contribution < 1.29 is 4.92 Å². The van der Waals surface area contributed by atoms with E-state index in [1.807, 2.05) is 11.4 Å². The number of hydrogen-bond donors (Lipinski definition) is 1. The molecule has 0 amide bonds. The molecule has 2 N–H and O–H groups in total. The lowest BCUT2D eigenvalue weighted by Gasteiger charge is -2.28. The molecule has 1 heterocycles. The van der Waals surface area contributed by atoms with Gasteiger partial charge < -0.3 is 10.6 Å².